The minimum Gasteiger partial charge on any atom is -0.496 e. The van der Waals surface area contributed by atoms with Crippen LogP contribution in [0.15, 0.2) is 48.7 Å². The maximum absolute atomic E-state index is 13.8. The van der Waals surface area contributed by atoms with Crippen LogP contribution in [0, 0.1) is 11.2 Å². The number of halogens is 1. The van der Waals surface area contributed by atoms with Gasteiger partial charge in [-0.1, -0.05) is 26.0 Å². The predicted molar refractivity (Wildman–Crippen MR) is 119 cm³/mol. The molecule has 1 atom stereocenters. The van der Waals surface area contributed by atoms with Gasteiger partial charge in [-0.3, -0.25) is 0 Å². The van der Waals surface area contributed by atoms with Gasteiger partial charge >= 0.3 is 0 Å². The number of aromatic nitrogens is 2. The number of ether oxygens (including phenoxy) is 2. The van der Waals surface area contributed by atoms with E-state index in [2.05, 4.69) is 36.4 Å². The Labute approximate surface area is 183 Å². The Bertz CT molecular complexity index is 1060. The fraction of sp³-hybridized carbons (Fsp3) is 0.400. The number of rotatable bonds is 7. The van der Waals surface area contributed by atoms with Gasteiger partial charge in [0, 0.05) is 36.5 Å². The van der Waals surface area contributed by atoms with Crippen molar-refractivity contribution < 1.29 is 13.9 Å². The molecule has 1 N–H and O–H groups in total. The highest BCUT2D eigenvalue weighted by Crippen LogP contribution is 2.41. The van der Waals surface area contributed by atoms with Crippen LogP contribution < -0.4 is 10.1 Å². The van der Waals surface area contributed by atoms with Crippen LogP contribution in [0.2, 0.25) is 0 Å². The van der Waals surface area contributed by atoms with Gasteiger partial charge in [-0.05, 0) is 54.2 Å². The van der Waals surface area contributed by atoms with Crippen molar-refractivity contribution in [1.29, 1.82) is 0 Å². The van der Waals surface area contributed by atoms with Gasteiger partial charge in [-0.15, -0.1) is 0 Å². The second-order valence-electron chi connectivity index (χ2n) is 9.00. The molecule has 1 aliphatic rings. The summed E-state index contributed by atoms with van der Waals surface area (Å²) in [6.07, 6.45) is 3.84. The largest absolute Gasteiger partial charge is 0.496 e. The third-order valence-electron chi connectivity index (χ3n) is 5.93. The molecule has 1 unspecified atom stereocenters. The van der Waals surface area contributed by atoms with E-state index in [1.807, 2.05) is 23.0 Å². The number of hydrogen-bond donors (Lipinski definition) is 1. The van der Waals surface area contributed by atoms with Crippen LogP contribution in [-0.4, -0.2) is 24.0 Å². The lowest BCUT2D eigenvalue weighted by molar-refractivity contribution is 0.181. The quantitative estimate of drug-likeness (QED) is 0.583. The van der Waals surface area contributed by atoms with E-state index in [9.17, 15) is 4.39 Å². The standard InChI is InChI=1S/C25H30FN3O2/c1-25(2)12-22(27-14-17-8-9-24(31-4)18(10-17)16-30-3)21-15-28-29(23(21)13-25)20-7-5-6-19(26)11-20/h5-11,15,22,27H,12-14,16H2,1-4H3. The lowest BCUT2D eigenvalue weighted by Gasteiger charge is -2.36. The first kappa shape index (κ1) is 21.5. The molecule has 0 amide bonds. The summed E-state index contributed by atoms with van der Waals surface area (Å²) in [5.41, 5.74) is 5.42. The van der Waals surface area contributed by atoms with Crippen molar-refractivity contribution in [3.8, 4) is 11.4 Å². The molecule has 0 saturated heterocycles. The second kappa shape index (κ2) is 8.81. The Kier molecular flexibility index (Phi) is 6.12. The minimum absolute atomic E-state index is 0.108. The van der Waals surface area contributed by atoms with Crippen LogP contribution in [0.1, 0.15) is 48.7 Å². The topological polar surface area (TPSA) is 48.3 Å². The van der Waals surface area contributed by atoms with E-state index in [0.29, 0.717) is 6.61 Å². The molecule has 1 aliphatic carbocycles. The highest BCUT2D eigenvalue weighted by Gasteiger charge is 2.35. The summed E-state index contributed by atoms with van der Waals surface area (Å²) in [7, 11) is 3.36. The molecule has 0 aliphatic heterocycles. The van der Waals surface area contributed by atoms with E-state index < -0.39 is 0 Å². The van der Waals surface area contributed by atoms with E-state index in [-0.39, 0.29) is 17.3 Å². The van der Waals surface area contributed by atoms with Gasteiger partial charge in [0.15, 0.2) is 0 Å². The third-order valence-corrected chi connectivity index (χ3v) is 5.93. The summed E-state index contributed by atoms with van der Waals surface area (Å²) >= 11 is 0. The summed E-state index contributed by atoms with van der Waals surface area (Å²) in [4.78, 5) is 0. The van der Waals surface area contributed by atoms with Crippen LogP contribution in [-0.2, 0) is 24.3 Å². The Balaban J connectivity index is 1.59. The molecule has 3 aromatic rings. The monoisotopic (exact) mass is 423 g/mol. The lowest BCUT2D eigenvalue weighted by atomic mass is 9.74. The summed E-state index contributed by atoms with van der Waals surface area (Å²) in [6.45, 7) is 5.79. The number of benzene rings is 2. The summed E-state index contributed by atoms with van der Waals surface area (Å²) in [5, 5.41) is 8.34. The predicted octanol–water partition coefficient (Wildman–Crippen LogP) is 4.97. The van der Waals surface area contributed by atoms with Crippen molar-refractivity contribution in [2.45, 2.75) is 45.9 Å². The number of hydrogen-bond acceptors (Lipinski definition) is 4. The maximum Gasteiger partial charge on any atom is 0.125 e. The van der Waals surface area contributed by atoms with Gasteiger partial charge in [0.2, 0.25) is 0 Å². The van der Waals surface area contributed by atoms with Crippen molar-refractivity contribution >= 4 is 0 Å². The second-order valence-corrected chi connectivity index (χ2v) is 9.00. The van der Waals surface area contributed by atoms with Gasteiger partial charge in [0.1, 0.15) is 11.6 Å². The van der Waals surface area contributed by atoms with Gasteiger partial charge in [-0.25, -0.2) is 9.07 Å². The van der Waals surface area contributed by atoms with Crippen LogP contribution >= 0.6 is 0 Å². The molecule has 31 heavy (non-hydrogen) atoms. The number of nitrogens with zero attached hydrogens (tertiary/aromatic N) is 2. The van der Waals surface area contributed by atoms with Crippen molar-refractivity contribution in [3.63, 3.8) is 0 Å². The Morgan fingerprint density at radius 2 is 2.03 bits per heavy atom. The zero-order valence-electron chi connectivity index (χ0n) is 18.6. The Morgan fingerprint density at radius 1 is 1.19 bits per heavy atom. The molecule has 2 aromatic carbocycles. The molecule has 5 nitrogen and oxygen atoms in total. The van der Waals surface area contributed by atoms with Crippen LogP contribution in [0.5, 0.6) is 5.75 Å². The number of fused-ring (bicyclic) bond motifs is 1. The molecular formula is C25H30FN3O2. The van der Waals surface area contributed by atoms with Gasteiger partial charge in [0.05, 0.1) is 25.6 Å². The van der Waals surface area contributed by atoms with Gasteiger partial charge in [0.25, 0.3) is 0 Å². The smallest absolute Gasteiger partial charge is 0.125 e. The Hall–Kier alpha value is -2.70. The number of nitrogens with one attached hydrogen (secondary N) is 1. The molecule has 0 bridgehead atoms. The average molecular weight is 424 g/mol. The molecule has 0 fully saturated rings. The first-order chi connectivity index (χ1) is 14.9. The molecular weight excluding hydrogens is 393 g/mol. The van der Waals surface area contributed by atoms with E-state index in [1.54, 1.807) is 20.3 Å². The van der Waals surface area contributed by atoms with Gasteiger partial charge < -0.3 is 14.8 Å². The van der Waals surface area contributed by atoms with Crippen LogP contribution in [0.25, 0.3) is 5.69 Å². The number of methoxy groups -OCH3 is 2. The summed E-state index contributed by atoms with van der Waals surface area (Å²) < 4.78 is 26.4. The third kappa shape index (κ3) is 4.65. The average Bonchev–Trinajstić information content (AvgIpc) is 3.15. The first-order valence-electron chi connectivity index (χ1n) is 10.6. The van der Waals surface area contributed by atoms with E-state index in [4.69, 9.17) is 9.47 Å². The minimum atomic E-state index is -0.252. The normalized spacial score (nSPS) is 17.4. The zero-order valence-corrected chi connectivity index (χ0v) is 18.6. The molecule has 0 spiro atoms. The highest BCUT2D eigenvalue weighted by atomic mass is 19.1. The maximum atomic E-state index is 13.8. The van der Waals surface area contributed by atoms with Crippen molar-refractivity contribution in [3.05, 3.63) is 76.9 Å². The van der Waals surface area contributed by atoms with Crippen molar-refractivity contribution in [1.82, 2.24) is 15.1 Å². The fourth-order valence-corrected chi connectivity index (χ4v) is 4.51. The first-order valence-corrected chi connectivity index (χ1v) is 10.6. The zero-order chi connectivity index (χ0) is 22.0. The molecule has 0 saturated carbocycles. The summed E-state index contributed by atoms with van der Waals surface area (Å²) in [6, 6.07) is 13.0. The lowest BCUT2D eigenvalue weighted by Crippen LogP contribution is -2.33. The molecule has 1 heterocycles. The molecule has 6 heteroatoms. The molecule has 1 aromatic heterocycles. The highest BCUT2D eigenvalue weighted by molar-refractivity contribution is 5.39. The molecule has 164 valence electrons. The fourth-order valence-electron chi connectivity index (χ4n) is 4.51. The molecule has 0 radical (unpaired) electrons. The van der Waals surface area contributed by atoms with E-state index in [0.717, 1.165) is 42.1 Å². The van der Waals surface area contributed by atoms with E-state index in [1.165, 1.54) is 23.3 Å². The van der Waals surface area contributed by atoms with Crippen molar-refractivity contribution in [2.24, 2.45) is 5.41 Å². The summed E-state index contributed by atoms with van der Waals surface area (Å²) in [5.74, 6) is 0.584. The SMILES string of the molecule is COCc1cc(CNC2CC(C)(C)Cc3c2cnn3-c2cccc(F)c2)ccc1OC. The Morgan fingerprint density at radius 3 is 2.77 bits per heavy atom. The van der Waals surface area contributed by atoms with Crippen LogP contribution in [0.3, 0.4) is 0 Å². The van der Waals surface area contributed by atoms with Gasteiger partial charge in [-0.2, -0.15) is 5.10 Å². The van der Waals surface area contributed by atoms with Crippen LogP contribution in [0.4, 0.5) is 4.39 Å². The van der Waals surface area contributed by atoms with E-state index >= 15 is 0 Å². The molecule has 4 rings (SSSR count). The van der Waals surface area contributed by atoms with Crippen molar-refractivity contribution in [2.75, 3.05) is 14.2 Å².